The molecule has 0 saturated carbocycles. The number of hydrogen-bond acceptors (Lipinski definition) is 4. The third kappa shape index (κ3) is 3.53. The van der Waals surface area contributed by atoms with Gasteiger partial charge in [0.15, 0.2) is 0 Å². The summed E-state index contributed by atoms with van der Waals surface area (Å²) in [6, 6.07) is 5.25. The summed E-state index contributed by atoms with van der Waals surface area (Å²) in [5.74, 6) is -0.583. The molecule has 0 aliphatic carbocycles. The summed E-state index contributed by atoms with van der Waals surface area (Å²) >= 11 is 0. The Balaban J connectivity index is 2.88. The Kier molecular flexibility index (Phi) is 4.72. The van der Waals surface area contributed by atoms with Crippen LogP contribution in [-0.2, 0) is 14.3 Å². The Morgan fingerprint density at radius 3 is 2.94 bits per heavy atom. The first-order chi connectivity index (χ1) is 7.77. The molecule has 0 spiro atoms. The number of nitrogens with zero attached hydrogens (tertiary/aromatic N) is 1. The average molecular weight is 220 g/mol. The highest BCUT2D eigenvalue weighted by atomic mass is 16.5. The Morgan fingerprint density at radius 2 is 2.38 bits per heavy atom. The first-order valence-electron chi connectivity index (χ1n) is 4.78. The van der Waals surface area contributed by atoms with Gasteiger partial charge in [-0.1, -0.05) is 6.07 Å². The number of esters is 1. The minimum Gasteiger partial charge on any atom is -0.461 e. The lowest BCUT2D eigenvalue weighted by Gasteiger charge is -2.04. The largest absolute Gasteiger partial charge is 0.461 e. The number of rotatable bonds is 5. The second-order valence-electron chi connectivity index (χ2n) is 2.80. The minimum atomic E-state index is -0.583. The van der Waals surface area contributed by atoms with E-state index in [1.54, 1.807) is 31.3 Å². The molecule has 0 unspecified atom stereocenters. The van der Waals surface area contributed by atoms with Crippen LogP contribution in [0.5, 0.6) is 0 Å². The van der Waals surface area contributed by atoms with E-state index in [1.165, 1.54) is 6.08 Å². The SMILES string of the molecule is CCOC(=O)/C(=C\c1ccccn1)NC=O. The van der Waals surface area contributed by atoms with Gasteiger partial charge in [-0.2, -0.15) is 0 Å². The molecule has 84 valence electrons. The van der Waals surface area contributed by atoms with Crippen molar-refractivity contribution in [2.24, 2.45) is 0 Å². The number of aromatic nitrogens is 1. The van der Waals surface area contributed by atoms with Gasteiger partial charge in [-0.3, -0.25) is 9.78 Å². The van der Waals surface area contributed by atoms with Crippen molar-refractivity contribution in [2.45, 2.75) is 6.92 Å². The molecule has 1 N–H and O–H groups in total. The molecule has 0 aliphatic rings. The van der Waals surface area contributed by atoms with E-state index in [9.17, 15) is 9.59 Å². The van der Waals surface area contributed by atoms with E-state index < -0.39 is 5.97 Å². The summed E-state index contributed by atoms with van der Waals surface area (Å²) in [5.41, 5.74) is 0.635. The maximum absolute atomic E-state index is 11.4. The van der Waals surface area contributed by atoms with Crippen LogP contribution in [0.1, 0.15) is 12.6 Å². The zero-order valence-corrected chi connectivity index (χ0v) is 8.84. The van der Waals surface area contributed by atoms with E-state index in [-0.39, 0.29) is 12.3 Å². The second kappa shape index (κ2) is 6.34. The summed E-state index contributed by atoms with van der Waals surface area (Å²) in [6.07, 6.45) is 3.47. The topological polar surface area (TPSA) is 68.3 Å². The van der Waals surface area contributed by atoms with Gasteiger partial charge in [-0.15, -0.1) is 0 Å². The fourth-order valence-corrected chi connectivity index (χ4v) is 1.04. The van der Waals surface area contributed by atoms with Crippen molar-refractivity contribution in [3.63, 3.8) is 0 Å². The normalized spacial score (nSPS) is 10.7. The van der Waals surface area contributed by atoms with Gasteiger partial charge in [0, 0.05) is 6.20 Å². The van der Waals surface area contributed by atoms with Crippen LogP contribution in [0.4, 0.5) is 0 Å². The average Bonchev–Trinajstić information content (AvgIpc) is 2.30. The minimum absolute atomic E-state index is 0.0653. The van der Waals surface area contributed by atoms with E-state index in [0.29, 0.717) is 12.1 Å². The van der Waals surface area contributed by atoms with E-state index in [0.717, 1.165) is 0 Å². The predicted molar refractivity (Wildman–Crippen MR) is 58.0 cm³/mol. The van der Waals surface area contributed by atoms with Crippen LogP contribution in [0.25, 0.3) is 6.08 Å². The number of amides is 1. The van der Waals surface area contributed by atoms with Gasteiger partial charge in [0.05, 0.1) is 12.3 Å². The molecule has 0 aliphatic heterocycles. The highest BCUT2D eigenvalue weighted by Gasteiger charge is 2.09. The first-order valence-corrected chi connectivity index (χ1v) is 4.78. The summed E-state index contributed by atoms with van der Waals surface area (Å²) in [7, 11) is 0. The molecule has 0 aromatic carbocycles. The Hall–Kier alpha value is -2.17. The summed E-state index contributed by atoms with van der Waals surface area (Å²) in [4.78, 5) is 25.7. The molecule has 0 bridgehead atoms. The highest BCUT2D eigenvalue weighted by Crippen LogP contribution is 2.02. The number of hydrogen-bond donors (Lipinski definition) is 1. The lowest BCUT2D eigenvalue weighted by Crippen LogP contribution is -2.21. The first kappa shape index (κ1) is 11.9. The van der Waals surface area contributed by atoms with Crippen molar-refractivity contribution in [1.29, 1.82) is 0 Å². The molecule has 1 aromatic heterocycles. The number of carbonyl (C=O) groups excluding carboxylic acids is 2. The summed E-state index contributed by atoms with van der Waals surface area (Å²) in [6.45, 7) is 1.94. The van der Waals surface area contributed by atoms with Crippen molar-refractivity contribution in [3.05, 3.63) is 35.8 Å². The quantitative estimate of drug-likeness (QED) is 0.451. The Bertz CT molecular complexity index is 387. The van der Waals surface area contributed by atoms with Crippen LogP contribution in [0.2, 0.25) is 0 Å². The molecule has 1 heterocycles. The van der Waals surface area contributed by atoms with Crippen molar-refractivity contribution in [3.8, 4) is 0 Å². The number of carbonyl (C=O) groups is 2. The molecule has 5 nitrogen and oxygen atoms in total. The molecule has 0 saturated heterocycles. The molecule has 16 heavy (non-hydrogen) atoms. The Labute approximate surface area is 93.1 Å². The van der Waals surface area contributed by atoms with E-state index >= 15 is 0 Å². The molecule has 0 fully saturated rings. The molecule has 5 heteroatoms. The third-order valence-electron chi connectivity index (χ3n) is 1.69. The Morgan fingerprint density at radius 1 is 1.56 bits per heavy atom. The maximum Gasteiger partial charge on any atom is 0.354 e. The van der Waals surface area contributed by atoms with Crippen molar-refractivity contribution >= 4 is 18.5 Å². The zero-order chi connectivity index (χ0) is 11.8. The fraction of sp³-hybridized carbons (Fsp3) is 0.182. The number of pyridine rings is 1. The fourth-order valence-electron chi connectivity index (χ4n) is 1.04. The maximum atomic E-state index is 11.4. The molecule has 1 amide bonds. The molecule has 1 rings (SSSR count). The lowest BCUT2D eigenvalue weighted by atomic mass is 10.3. The van der Waals surface area contributed by atoms with Gasteiger partial charge >= 0.3 is 5.97 Å². The zero-order valence-electron chi connectivity index (χ0n) is 8.84. The third-order valence-corrected chi connectivity index (χ3v) is 1.69. The van der Waals surface area contributed by atoms with Crippen molar-refractivity contribution in [2.75, 3.05) is 6.61 Å². The van der Waals surface area contributed by atoms with Crippen LogP contribution in [0, 0.1) is 0 Å². The smallest absolute Gasteiger partial charge is 0.354 e. The standard InChI is InChI=1S/C11H12N2O3/c1-2-16-11(15)10(13-8-14)7-9-5-3-4-6-12-9/h3-8H,2H2,1H3,(H,13,14)/b10-7+. The van der Waals surface area contributed by atoms with E-state index in [4.69, 9.17) is 4.74 Å². The molecule has 1 aromatic rings. The molecular formula is C11H12N2O3. The molecule has 0 radical (unpaired) electrons. The van der Waals surface area contributed by atoms with Gasteiger partial charge in [0.2, 0.25) is 6.41 Å². The van der Waals surface area contributed by atoms with Crippen LogP contribution in [0.3, 0.4) is 0 Å². The van der Waals surface area contributed by atoms with Crippen LogP contribution in [-0.4, -0.2) is 24.0 Å². The van der Waals surface area contributed by atoms with Crippen LogP contribution >= 0.6 is 0 Å². The second-order valence-corrected chi connectivity index (χ2v) is 2.80. The van der Waals surface area contributed by atoms with Gasteiger partial charge in [0.1, 0.15) is 5.70 Å². The van der Waals surface area contributed by atoms with Gasteiger partial charge in [0.25, 0.3) is 0 Å². The highest BCUT2D eigenvalue weighted by molar-refractivity contribution is 5.94. The van der Waals surface area contributed by atoms with Crippen LogP contribution in [0.15, 0.2) is 30.1 Å². The van der Waals surface area contributed by atoms with E-state index in [2.05, 4.69) is 10.3 Å². The van der Waals surface area contributed by atoms with Crippen molar-refractivity contribution in [1.82, 2.24) is 10.3 Å². The van der Waals surface area contributed by atoms with E-state index in [1.807, 2.05) is 0 Å². The predicted octanol–water partition coefficient (Wildman–Crippen LogP) is 0.732. The monoisotopic (exact) mass is 220 g/mol. The molecular weight excluding hydrogens is 208 g/mol. The van der Waals surface area contributed by atoms with Gasteiger partial charge < -0.3 is 10.1 Å². The number of ether oxygens (including phenoxy) is 1. The summed E-state index contributed by atoms with van der Waals surface area (Å²) < 4.78 is 4.77. The molecule has 0 atom stereocenters. The number of nitrogens with one attached hydrogen (secondary N) is 1. The summed E-state index contributed by atoms with van der Waals surface area (Å²) in [5, 5.41) is 2.28. The van der Waals surface area contributed by atoms with Crippen LogP contribution < -0.4 is 5.32 Å². The lowest BCUT2D eigenvalue weighted by molar-refractivity contribution is -0.139. The van der Waals surface area contributed by atoms with Gasteiger partial charge in [-0.05, 0) is 25.1 Å². The van der Waals surface area contributed by atoms with Crippen molar-refractivity contribution < 1.29 is 14.3 Å². The van der Waals surface area contributed by atoms with Gasteiger partial charge in [-0.25, -0.2) is 4.79 Å².